The van der Waals surface area contributed by atoms with E-state index < -0.39 is 0 Å². The van der Waals surface area contributed by atoms with Gasteiger partial charge in [0, 0.05) is 0 Å². The molecule has 5 rings (SSSR count). The zero-order valence-corrected chi connectivity index (χ0v) is 31.7. The van der Waals surface area contributed by atoms with Gasteiger partial charge in [-0.1, -0.05) is 142 Å². The fourth-order valence-electron chi connectivity index (χ4n) is 5.93. The largest absolute Gasteiger partial charge is 0.489 e. The van der Waals surface area contributed by atoms with E-state index >= 15 is 0 Å². The third kappa shape index (κ3) is 8.75. The molecular weight excluding hydrogens is 617 g/mol. The molecule has 0 aromatic heterocycles. The van der Waals surface area contributed by atoms with Crippen LogP contribution in [0, 0.1) is 23.7 Å². The zero-order valence-electron chi connectivity index (χ0n) is 31.7. The molecule has 0 saturated heterocycles. The van der Waals surface area contributed by atoms with Crippen molar-refractivity contribution in [3.63, 3.8) is 0 Å². The summed E-state index contributed by atoms with van der Waals surface area (Å²) in [5, 5.41) is 4.84. The summed E-state index contributed by atoms with van der Waals surface area (Å²) in [6, 6.07) is 30.5. The second-order valence-electron chi connectivity index (χ2n) is 14.5. The SMILES string of the molecule is CCC(C)COc1ccc(-c2c(-c3ccc(OCC(C)CC)c(OCC(C)CC)c3)c3ccccc3c3ccccc23)cc1OCC(C)CC. The monoisotopic (exact) mass is 674 g/mol. The molecule has 0 saturated carbocycles. The van der Waals surface area contributed by atoms with Crippen LogP contribution in [0.4, 0.5) is 0 Å². The van der Waals surface area contributed by atoms with Crippen LogP contribution in [0.5, 0.6) is 23.0 Å². The average molecular weight is 675 g/mol. The third-order valence-electron chi connectivity index (χ3n) is 10.3. The Bertz CT molecular complexity index is 1710. The van der Waals surface area contributed by atoms with Gasteiger partial charge in [-0.25, -0.2) is 0 Å². The topological polar surface area (TPSA) is 36.9 Å². The Kier molecular flexibility index (Phi) is 13.1. The van der Waals surface area contributed by atoms with Gasteiger partial charge in [0.2, 0.25) is 0 Å². The standard InChI is InChI=1S/C46H58O4/c1-9-31(5)27-47-41-23-21-35(25-43(41)49-29-33(7)11-3)45-39-19-15-13-17-37(39)38-18-14-16-20-40(38)46(45)36-22-24-42(48-28-32(6)10-2)44(26-36)50-30-34(8)12-4/h13-26,31-34H,9-12,27-30H2,1-8H3. The quantitative estimate of drug-likeness (QED) is 0.0867. The highest BCUT2D eigenvalue weighted by atomic mass is 16.5. The van der Waals surface area contributed by atoms with Gasteiger partial charge in [-0.15, -0.1) is 0 Å². The second kappa shape index (κ2) is 17.7. The summed E-state index contributed by atoms with van der Waals surface area (Å²) in [7, 11) is 0. The lowest BCUT2D eigenvalue weighted by atomic mass is 9.85. The van der Waals surface area contributed by atoms with Crippen molar-refractivity contribution >= 4 is 21.5 Å². The van der Waals surface area contributed by atoms with Crippen LogP contribution >= 0.6 is 0 Å². The van der Waals surface area contributed by atoms with Crippen molar-refractivity contribution in [3.05, 3.63) is 84.9 Å². The van der Waals surface area contributed by atoms with Crippen LogP contribution in [0.2, 0.25) is 0 Å². The van der Waals surface area contributed by atoms with E-state index in [1.807, 2.05) is 0 Å². The van der Waals surface area contributed by atoms with Crippen molar-refractivity contribution in [1.82, 2.24) is 0 Å². The molecule has 0 aliphatic heterocycles. The number of rotatable bonds is 18. The van der Waals surface area contributed by atoms with Crippen molar-refractivity contribution in [3.8, 4) is 45.3 Å². The Morgan fingerprint density at radius 1 is 0.380 bits per heavy atom. The lowest BCUT2D eigenvalue weighted by Gasteiger charge is -2.22. The van der Waals surface area contributed by atoms with Crippen LogP contribution < -0.4 is 18.9 Å². The van der Waals surface area contributed by atoms with Crippen molar-refractivity contribution in [2.24, 2.45) is 23.7 Å². The van der Waals surface area contributed by atoms with Crippen molar-refractivity contribution in [2.75, 3.05) is 26.4 Å². The van der Waals surface area contributed by atoms with Gasteiger partial charge in [0.05, 0.1) is 26.4 Å². The first-order chi connectivity index (χ1) is 24.3. The maximum absolute atomic E-state index is 6.56. The molecule has 4 nitrogen and oxygen atoms in total. The third-order valence-corrected chi connectivity index (χ3v) is 10.3. The number of ether oxygens (including phenoxy) is 4. The molecule has 266 valence electrons. The van der Waals surface area contributed by atoms with Gasteiger partial charge in [-0.2, -0.15) is 0 Å². The van der Waals surface area contributed by atoms with Crippen LogP contribution in [0.25, 0.3) is 43.8 Å². The van der Waals surface area contributed by atoms with Crippen molar-refractivity contribution in [1.29, 1.82) is 0 Å². The van der Waals surface area contributed by atoms with E-state index in [2.05, 4.69) is 140 Å². The van der Waals surface area contributed by atoms with E-state index in [-0.39, 0.29) is 0 Å². The fraction of sp³-hybridized carbons (Fsp3) is 0.435. The summed E-state index contributed by atoms with van der Waals surface area (Å²) in [6.45, 7) is 20.3. The van der Waals surface area contributed by atoms with Crippen molar-refractivity contribution < 1.29 is 18.9 Å². The number of hydrogen-bond acceptors (Lipinski definition) is 4. The number of hydrogen-bond donors (Lipinski definition) is 0. The van der Waals surface area contributed by atoms with Crippen molar-refractivity contribution in [2.45, 2.75) is 81.1 Å². The highest BCUT2D eigenvalue weighted by molar-refractivity contribution is 6.21. The summed E-state index contributed by atoms with van der Waals surface area (Å²) in [5.41, 5.74) is 4.52. The molecule has 5 aromatic rings. The first kappa shape index (κ1) is 37.1. The maximum Gasteiger partial charge on any atom is 0.161 e. The summed E-state index contributed by atoms with van der Waals surface area (Å²) in [6.07, 6.45) is 4.25. The van der Waals surface area contributed by atoms with E-state index in [1.165, 1.54) is 32.7 Å². The van der Waals surface area contributed by atoms with Crippen LogP contribution in [-0.4, -0.2) is 26.4 Å². The molecule has 0 amide bonds. The van der Waals surface area contributed by atoms with Gasteiger partial charge in [0.1, 0.15) is 0 Å². The second-order valence-corrected chi connectivity index (χ2v) is 14.5. The minimum absolute atomic E-state index is 0.438. The summed E-state index contributed by atoms with van der Waals surface area (Å²) < 4.78 is 25.9. The molecule has 0 bridgehead atoms. The molecule has 0 heterocycles. The van der Waals surface area contributed by atoms with E-state index in [0.717, 1.165) is 59.8 Å². The minimum atomic E-state index is 0.438. The molecule has 4 atom stereocenters. The highest BCUT2D eigenvalue weighted by Gasteiger charge is 2.21. The van der Waals surface area contributed by atoms with E-state index in [1.54, 1.807) is 0 Å². The Morgan fingerprint density at radius 3 is 1.00 bits per heavy atom. The zero-order chi connectivity index (χ0) is 35.6. The van der Waals surface area contributed by atoms with Crippen LogP contribution in [-0.2, 0) is 0 Å². The Hall–Kier alpha value is -4.18. The van der Waals surface area contributed by atoms with E-state index in [0.29, 0.717) is 50.1 Å². The number of fused-ring (bicyclic) bond motifs is 3. The molecule has 5 aromatic carbocycles. The Morgan fingerprint density at radius 2 is 0.680 bits per heavy atom. The molecule has 0 radical (unpaired) electrons. The minimum Gasteiger partial charge on any atom is -0.489 e. The lowest BCUT2D eigenvalue weighted by molar-refractivity contribution is 0.218. The van der Waals surface area contributed by atoms with Gasteiger partial charge in [0.25, 0.3) is 0 Å². The summed E-state index contributed by atoms with van der Waals surface area (Å²) >= 11 is 0. The molecular formula is C46H58O4. The van der Waals surface area contributed by atoms with Crippen LogP contribution in [0.1, 0.15) is 81.1 Å². The van der Waals surface area contributed by atoms with Gasteiger partial charge in [-0.3, -0.25) is 0 Å². The normalized spacial score (nSPS) is 13.9. The molecule has 50 heavy (non-hydrogen) atoms. The van der Waals surface area contributed by atoms with E-state index in [9.17, 15) is 0 Å². The van der Waals surface area contributed by atoms with Gasteiger partial charge >= 0.3 is 0 Å². The fourth-order valence-corrected chi connectivity index (χ4v) is 5.93. The molecule has 4 heteroatoms. The molecule has 0 spiro atoms. The predicted molar refractivity (Wildman–Crippen MR) is 212 cm³/mol. The first-order valence-electron chi connectivity index (χ1n) is 19.0. The predicted octanol–water partition coefficient (Wildman–Crippen LogP) is 13.0. The lowest BCUT2D eigenvalue weighted by Crippen LogP contribution is -2.11. The Labute approximate surface area is 301 Å². The molecule has 0 fully saturated rings. The first-order valence-corrected chi connectivity index (χ1v) is 19.0. The Balaban J connectivity index is 1.74. The molecule has 4 unspecified atom stereocenters. The van der Waals surface area contributed by atoms with Gasteiger partial charge < -0.3 is 18.9 Å². The highest BCUT2D eigenvalue weighted by Crippen LogP contribution is 2.47. The maximum atomic E-state index is 6.56. The van der Waals surface area contributed by atoms with Crippen LogP contribution in [0.3, 0.4) is 0 Å². The smallest absolute Gasteiger partial charge is 0.161 e. The summed E-state index contributed by atoms with van der Waals surface area (Å²) in [4.78, 5) is 0. The average Bonchev–Trinajstić information content (AvgIpc) is 3.16. The molecule has 0 N–H and O–H groups in total. The molecule has 0 aliphatic carbocycles. The van der Waals surface area contributed by atoms with Gasteiger partial charge in [0.15, 0.2) is 23.0 Å². The van der Waals surface area contributed by atoms with Crippen LogP contribution in [0.15, 0.2) is 84.9 Å². The summed E-state index contributed by atoms with van der Waals surface area (Å²) in [5.74, 6) is 4.98. The molecule has 0 aliphatic rings. The number of benzene rings is 5. The van der Waals surface area contributed by atoms with Gasteiger partial charge in [-0.05, 0) is 91.7 Å². The van der Waals surface area contributed by atoms with E-state index in [4.69, 9.17) is 18.9 Å².